The molecule has 0 N–H and O–H groups in total. The fourth-order valence-corrected chi connectivity index (χ4v) is 4.14. The van der Waals surface area contributed by atoms with E-state index in [1.165, 1.54) is 0 Å². The number of hydrogen-bond donors (Lipinski definition) is 0. The Hall–Kier alpha value is -3.02. The maximum Gasteiger partial charge on any atom is 0.274 e. The lowest BCUT2D eigenvalue weighted by atomic mass is 10.0. The molecule has 0 aliphatic carbocycles. The van der Waals surface area contributed by atoms with E-state index in [-0.39, 0.29) is 11.9 Å². The minimum Gasteiger partial charge on any atom is -0.490 e. The number of fused-ring (bicyclic) bond motifs is 2. The number of aromatic nitrogens is 2. The van der Waals surface area contributed by atoms with Crippen molar-refractivity contribution in [2.24, 2.45) is 0 Å². The van der Waals surface area contributed by atoms with Crippen LogP contribution in [0, 0.1) is 6.92 Å². The molecule has 6 heteroatoms. The quantitative estimate of drug-likeness (QED) is 0.682. The largest absolute Gasteiger partial charge is 0.490 e. The molecule has 4 heterocycles. The van der Waals surface area contributed by atoms with Gasteiger partial charge in [-0.15, -0.1) is 0 Å². The molecule has 1 fully saturated rings. The monoisotopic (exact) mass is 377 g/mol. The van der Waals surface area contributed by atoms with Gasteiger partial charge in [0.15, 0.2) is 11.5 Å². The molecule has 2 aromatic heterocycles. The van der Waals surface area contributed by atoms with Gasteiger partial charge in [0, 0.05) is 24.9 Å². The van der Waals surface area contributed by atoms with Gasteiger partial charge in [-0.05, 0) is 49.6 Å². The van der Waals surface area contributed by atoms with Crippen LogP contribution in [0.15, 0.2) is 42.6 Å². The second-order valence-corrected chi connectivity index (χ2v) is 7.43. The molecule has 1 aromatic carbocycles. The number of nitrogens with zero attached hydrogens (tertiary/aromatic N) is 3. The standard InChI is InChI=1S/C22H23N3O3/c1-15-5-2-7-21-23-17(14-25(15)21)22(26)24-10-3-6-18(24)16-8-9-19-20(13-16)28-12-4-11-27-19/h2,5,7-9,13-14,18H,3-4,6,10-12H2,1H3. The molecule has 0 bridgehead atoms. The van der Waals surface area contributed by atoms with Gasteiger partial charge in [0.1, 0.15) is 11.3 Å². The van der Waals surface area contributed by atoms with Crippen LogP contribution in [0.5, 0.6) is 11.5 Å². The maximum absolute atomic E-state index is 13.2. The van der Waals surface area contributed by atoms with E-state index in [0.29, 0.717) is 18.9 Å². The SMILES string of the molecule is Cc1cccc2nc(C(=O)N3CCCC3c3ccc4c(c3)OCCCO4)cn12. The molecule has 1 unspecified atom stereocenters. The zero-order chi connectivity index (χ0) is 19.1. The molecular weight excluding hydrogens is 354 g/mol. The second kappa shape index (κ2) is 6.86. The van der Waals surface area contributed by atoms with Crippen molar-refractivity contribution in [3.8, 4) is 11.5 Å². The van der Waals surface area contributed by atoms with Gasteiger partial charge in [-0.2, -0.15) is 0 Å². The Balaban J connectivity index is 1.45. The summed E-state index contributed by atoms with van der Waals surface area (Å²) in [6, 6.07) is 12.0. The lowest BCUT2D eigenvalue weighted by molar-refractivity contribution is 0.0730. The highest BCUT2D eigenvalue weighted by molar-refractivity contribution is 5.93. The predicted octanol–water partition coefficient (Wildman–Crippen LogP) is 3.78. The zero-order valence-electron chi connectivity index (χ0n) is 15.9. The molecular formula is C22H23N3O3. The number of rotatable bonds is 2. The molecule has 6 nitrogen and oxygen atoms in total. The van der Waals surface area contributed by atoms with Crippen molar-refractivity contribution in [1.29, 1.82) is 0 Å². The number of carbonyl (C=O) groups is 1. The van der Waals surface area contributed by atoms with E-state index in [0.717, 1.165) is 54.2 Å². The number of aryl methyl sites for hydroxylation is 1. The molecule has 5 rings (SSSR count). The molecule has 1 saturated heterocycles. The fourth-order valence-electron chi connectivity index (χ4n) is 4.14. The van der Waals surface area contributed by atoms with Crippen LogP contribution in [-0.2, 0) is 0 Å². The minimum atomic E-state index is -0.0160. The van der Waals surface area contributed by atoms with Crippen LogP contribution < -0.4 is 9.47 Å². The van der Waals surface area contributed by atoms with Gasteiger partial charge in [0.25, 0.3) is 5.91 Å². The van der Waals surface area contributed by atoms with Crippen LogP contribution in [0.2, 0.25) is 0 Å². The summed E-state index contributed by atoms with van der Waals surface area (Å²) >= 11 is 0. The normalized spacial score (nSPS) is 19.0. The van der Waals surface area contributed by atoms with Gasteiger partial charge in [-0.1, -0.05) is 12.1 Å². The molecule has 2 aliphatic heterocycles. The first kappa shape index (κ1) is 17.1. The van der Waals surface area contributed by atoms with Gasteiger partial charge < -0.3 is 18.8 Å². The molecule has 1 amide bonds. The number of pyridine rings is 1. The van der Waals surface area contributed by atoms with E-state index in [9.17, 15) is 4.79 Å². The van der Waals surface area contributed by atoms with E-state index in [1.807, 2.05) is 52.8 Å². The van der Waals surface area contributed by atoms with Crippen LogP contribution in [0.4, 0.5) is 0 Å². The summed E-state index contributed by atoms with van der Waals surface area (Å²) in [7, 11) is 0. The zero-order valence-corrected chi connectivity index (χ0v) is 15.9. The Morgan fingerprint density at radius 1 is 1.11 bits per heavy atom. The Morgan fingerprint density at radius 3 is 2.82 bits per heavy atom. The molecule has 2 aliphatic rings. The molecule has 0 spiro atoms. The third kappa shape index (κ3) is 2.89. The number of likely N-dealkylation sites (tertiary alicyclic amines) is 1. The summed E-state index contributed by atoms with van der Waals surface area (Å²) in [5.74, 6) is 1.54. The van der Waals surface area contributed by atoms with E-state index in [2.05, 4.69) is 11.1 Å². The van der Waals surface area contributed by atoms with Crippen molar-refractivity contribution >= 4 is 11.6 Å². The molecule has 3 aromatic rings. The summed E-state index contributed by atoms with van der Waals surface area (Å²) in [6.45, 7) is 4.09. The fraction of sp³-hybridized carbons (Fsp3) is 0.364. The average molecular weight is 377 g/mol. The van der Waals surface area contributed by atoms with Crippen molar-refractivity contribution in [1.82, 2.24) is 14.3 Å². The van der Waals surface area contributed by atoms with Gasteiger partial charge in [0.2, 0.25) is 0 Å². The molecule has 0 radical (unpaired) electrons. The average Bonchev–Trinajstić information content (AvgIpc) is 3.30. The number of carbonyl (C=O) groups excluding carboxylic acids is 1. The number of hydrogen-bond acceptors (Lipinski definition) is 4. The molecule has 0 saturated carbocycles. The van der Waals surface area contributed by atoms with Crippen LogP contribution in [0.25, 0.3) is 5.65 Å². The smallest absolute Gasteiger partial charge is 0.274 e. The number of amides is 1. The summed E-state index contributed by atoms with van der Waals surface area (Å²) in [6.07, 6.45) is 4.65. The van der Waals surface area contributed by atoms with Crippen molar-refractivity contribution < 1.29 is 14.3 Å². The van der Waals surface area contributed by atoms with Gasteiger partial charge >= 0.3 is 0 Å². The first-order chi connectivity index (χ1) is 13.7. The molecule has 144 valence electrons. The summed E-state index contributed by atoms with van der Waals surface area (Å²) in [5.41, 5.74) is 3.45. The van der Waals surface area contributed by atoms with E-state index < -0.39 is 0 Å². The Labute approximate surface area is 163 Å². The summed E-state index contributed by atoms with van der Waals surface area (Å²) in [5, 5.41) is 0. The van der Waals surface area contributed by atoms with Crippen LogP contribution in [0.1, 0.15) is 47.1 Å². The van der Waals surface area contributed by atoms with Crippen LogP contribution in [0.3, 0.4) is 0 Å². The van der Waals surface area contributed by atoms with Gasteiger partial charge in [0.05, 0.1) is 19.3 Å². The van der Waals surface area contributed by atoms with E-state index >= 15 is 0 Å². The molecule has 28 heavy (non-hydrogen) atoms. The highest BCUT2D eigenvalue weighted by Crippen LogP contribution is 2.38. The Morgan fingerprint density at radius 2 is 1.96 bits per heavy atom. The summed E-state index contributed by atoms with van der Waals surface area (Å²) in [4.78, 5) is 19.7. The maximum atomic E-state index is 13.2. The van der Waals surface area contributed by atoms with Crippen molar-refractivity contribution in [3.05, 3.63) is 59.5 Å². The number of ether oxygens (including phenoxy) is 2. The third-order valence-corrected chi connectivity index (χ3v) is 5.59. The van der Waals surface area contributed by atoms with Crippen LogP contribution >= 0.6 is 0 Å². The van der Waals surface area contributed by atoms with Crippen molar-refractivity contribution in [3.63, 3.8) is 0 Å². The summed E-state index contributed by atoms with van der Waals surface area (Å²) < 4.78 is 13.5. The van der Waals surface area contributed by atoms with Crippen molar-refractivity contribution in [2.75, 3.05) is 19.8 Å². The first-order valence-electron chi connectivity index (χ1n) is 9.86. The lowest BCUT2D eigenvalue weighted by Gasteiger charge is -2.25. The Bertz CT molecular complexity index is 1040. The van der Waals surface area contributed by atoms with Gasteiger partial charge in [-0.25, -0.2) is 4.98 Å². The second-order valence-electron chi connectivity index (χ2n) is 7.43. The highest BCUT2D eigenvalue weighted by atomic mass is 16.5. The van der Waals surface area contributed by atoms with E-state index in [1.54, 1.807) is 0 Å². The number of benzene rings is 1. The first-order valence-corrected chi connectivity index (χ1v) is 9.86. The van der Waals surface area contributed by atoms with Gasteiger partial charge in [-0.3, -0.25) is 4.79 Å². The topological polar surface area (TPSA) is 56.1 Å². The number of imidazole rings is 1. The lowest BCUT2D eigenvalue weighted by Crippen LogP contribution is -2.30. The molecule has 1 atom stereocenters. The predicted molar refractivity (Wildman–Crippen MR) is 105 cm³/mol. The van der Waals surface area contributed by atoms with E-state index in [4.69, 9.17) is 9.47 Å². The van der Waals surface area contributed by atoms with Crippen molar-refractivity contribution in [2.45, 2.75) is 32.2 Å². The minimum absolute atomic E-state index is 0.0160. The highest BCUT2D eigenvalue weighted by Gasteiger charge is 2.32. The van der Waals surface area contributed by atoms with Crippen LogP contribution in [-0.4, -0.2) is 40.0 Å². The third-order valence-electron chi connectivity index (χ3n) is 5.59. The Kier molecular flexibility index (Phi) is 4.19.